The predicted octanol–water partition coefficient (Wildman–Crippen LogP) is 4.31. The molecule has 0 aromatic carbocycles. The number of pyridine rings is 1. The average molecular weight is 407 g/mol. The maximum Gasteiger partial charge on any atom is 0.417 e. The monoisotopic (exact) mass is 407 g/mol. The molecule has 1 fully saturated rings. The Morgan fingerprint density at radius 1 is 1.21 bits per heavy atom. The lowest BCUT2D eigenvalue weighted by Gasteiger charge is -2.34. The number of aromatic amines is 1. The van der Waals surface area contributed by atoms with Crippen LogP contribution in [0.25, 0.3) is 10.6 Å². The average Bonchev–Trinajstić information content (AvgIpc) is 3.38. The number of H-pyrrole nitrogens is 1. The van der Waals surface area contributed by atoms with Gasteiger partial charge in [0.25, 0.3) is 0 Å². The normalized spacial score (nSPS) is 17.8. The lowest BCUT2D eigenvalue weighted by Crippen LogP contribution is -2.45. The van der Waals surface area contributed by atoms with Gasteiger partial charge in [-0.1, -0.05) is 0 Å². The van der Waals surface area contributed by atoms with Crippen LogP contribution in [0.1, 0.15) is 23.3 Å². The molecule has 4 heterocycles. The Morgan fingerprint density at radius 2 is 2.11 bits per heavy atom. The van der Waals surface area contributed by atoms with Crippen molar-refractivity contribution in [2.24, 2.45) is 0 Å². The first-order valence-electron chi connectivity index (χ1n) is 9.09. The molecule has 1 atom stereocenters. The van der Waals surface area contributed by atoms with Crippen molar-refractivity contribution in [3.8, 4) is 10.6 Å². The molecule has 5 nitrogen and oxygen atoms in total. The molecule has 1 saturated heterocycles. The molecule has 0 spiro atoms. The fourth-order valence-corrected chi connectivity index (χ4v) is 4.28. The first-order chi connectivity index (χ1) is 13.5. The zero-order valence-corrected chi connectivity index (χ0v) is 15.9. The molecule has 3 aromatic heterocycles. The van der Waals surface area contributed by atoms with Gasteiger partial charge < -0.3 is 10.2 Å². The summed E-state index contributed by atoms with van der Waals surface area (Å²) in [6.45, 7) is 2.30. The van der Waals surface area contributed by atoms with Crippen LogP contribution in [0.4, 0.5) is 19.0 Å². The van der Waals surface area contributed by atoms with E-state index in [1.807, 2.05) is 11.0 Å². The largest absolute Gasteiger partial charge is 0.417 e. The van der Waals surface area contributed by atoms with E-state index in [1.165, 1.54) is 10.9 Å². The Hall–Kier alpha value is -2.39. The fraction of sp³-hybridized carbons (Fsp3) is 0.368. The minimum Gasteiger partial charge on any atom is -0.355 e. The molecule has 0 aliphatic carbocycles. The van der Waals surface area contributed by atoms with Crippen LogP contribution in [0, 0.1) is 0 Å². The van der Waals surface area contributed by atoms with E-state index in [2.05, 4.69) is 32.6 Å². The first-order valence-corrected chi connectivity index (χ1v) is 9.91. The van der Waals surface area contributed by atoms with Crippen LogP contribution in [-0.2, 0) is 12.7 Å². The standard InChI is InChI=1S/C19H20F3N5S/c20-19(21,22)13-3-6-18(24-10-13)27-9-1-2-14(12-27)23-11-15-4-5-17(28-15)16-7-8-25-26-16/h3-8,10,14,23H,1-2,9,11-12H2,(H,25,26)/t14-/m0/s1. The van der Waals surface area contributed by atoms with Crippen molar-refractivity contribution in [3.63, 3.8) is 0 Å². The van der Waals surface area contributed by atoms with Crippen molar-refractivity contribution in [3.05, 3.63) is 53.2 Å². The van der Waals surface area contributed by atoms with Crippen molar-refractivity contribution < 1.29 is 13.2 Å². The highest BCUT2D eigenvalue weighted by Gasteiger charge is 2.31. The molecule has 28 heavy (non-hydrogen) atoms. The number of hydrogen-bond donors (Lipinski definition) is 2. The minimum atomic E-state index is -4.35. The number of nitrogens with one attached hydrogen (secondary N) is 2. The number of alkyl halides is 3. The van der Waals surface area contributed by atoms with Crippen molar-refractivity contribution in [2.45, 2.75) is 31.6 Å². The molecular formula is C19H20F3N5S. The van der Waals surface area contributed by atoms with Crippen molar-refractivity contribution in [1.82, 2.24) is 20.5 Å². The van der Waals surface area contributed by atoms with Crippen LogP contribution in [-0.4, -0.2) is 34.3 Å². The van der Waals surface area contributed by atoms with E-state index in [-0.39, 0.29) is 6.04 Å². The van der Waals surface area contributed by atoms with E-state index in [9.17, 15) is 13.2 Å². The van der Waals surface area contributed by atoms with Gasteiger partial charge in [-0.15, -0.1) is 11.3 Å². The SMILES string of the molecule is FC(F)(F)c1ccc(N2CCC[C@H](NCc3ccc(-c4ccn[nH]4)s3)C2)nc1. The highest BCUT2D eigenvalue weighted by atomic mass is 32.1. The smallest absolute Gasteiger partial charge is 0.355 e. The molecule has 1 aliphatic heterocycles. The summed E-state index contributed by atoms with van der Waals surface area (Å²) < 4.78 is 38.1. The third-order valence-electron chi connectivity index (χ3n) is 4.81. The van der Waals surface area contributed by atoms with Gasteiger partial charge in [-0.2, -0.15) is 18.3 Å². The maximum atomic E-state index is 12.7. The number of hydrogen-bond acceptors (Lipinski definition) is 5. The number of aromatic nitrogens is 3. The molecule has 0 unspecified atom stereocenters. The van der Waals surface area contributed by atoms with Gasteiger partial charge in [-0.05, 0) is 43.2 Å². The van der Waals surface area contributed by atoms with E-state index in [4.69, 9.17) is 0 Å². The number of nitrogens with zero attached hydrogens (tertiary/aromatic N) is 3. The van der Waals surface area contributed by atoms with Crippen molar-refractivity contribution >= 4 is 17.2 Å². The maximum absolute atomic E-state index is 12.7. The van der Waals surface area contributed by atoms with Gasteiger partial charge in [-0.25, -0.2) is 4.98 Å². The summed E-state index contributed by atoms with van der Waals surface area (Å²) in [4.78, 5) is 8.45. The van der Waals surface area contributed by atoms with E-state index in [0.717, 1.165) is 55.3 Å². The summed E-state index contributed by atoms with van der Waals surface area (Å²) in [6.07, 6.45) is 0.307. The van der Waals surface area contributed by atoms with Gasteiger partial charge in [0.1, 0.15) is 5.82 Å². The van der Waals surface area contributed by atoms with Crippen LogP contribution in [0.2, 0.25) is 0 Å². The molecule has 0 radical (unpaired) electrons. The summed E-state index contributed by atoms with van der Waals surface area (Å²) in [5.74, 6) is 0.595. The number of halogens is 3. The van der Waals surface area contributed by atoms with Crippen LogP contribution >= 0.6 is 11.3 Å². The molecular weight excluding hydrogens is 387 g/mol. The summed E-state index contributed by atoms with van der Waals surface area (Å²) in [5.41, 5.74) is 0.294. The highest BCUT2D eigenvalue weighted by molar-refractivity contribution is 7.15. The summed E-state index contributed by atoms with van der Waals surface area (Å²) >= 11 is 1.71. The number of rotatable bonds is 5. The van der Waals surface area contributed by atoms with E-state index in [1.54, 1.807) is 17.5 Å². The van der Waals surface area contributed by atoms with Crippen LogP contribution < -0.4 is 10.2 Å². The van der Waals surface area contributed by atoms with Gasteiger partial charge in [0.2, 0.25) is 0 Å². The zero-order valence-electron chi connectivity index (χ0n) is 15.0. The predicted molar refractivity (Wildman–Crippen MR) is 103 cm³/mol. The van der Waals surface area contributed by atoms with Gasteiger partial charge in [-0.3, -0.25) is 5.10 Å². The minimum absolute atomic E-state index is 0.274. The molecule has 9 heteroatoms. The Morgan fingerprint density at radius 3 is 2.82 bits per heavy atom. The zero-order chi connectivity index (χ0) is 19.6. The lowest BCUT2D eigenvalue weighted by molar-refractivity contribution is -0.137. The third-order valence-corrected chi connectivity index (χ3v) is 5.93. The molecule has 2 N–H and O–H groups in total. The van der Waals surface area contributed by atoms with Gasteiger partial charge >= 0.3 is 6.18 Å². The summed E-state index contributed by atoms with van der Waals surface area (Å²) in [6, 6.07) is 8.96. The molecule has 0 amide bonds. The molecule has 148 valence electrons. The van der Waals surface area contributed by atoms with Crippen molar-refractivity contribution in [1.29, 1.82) is 0 Å². The van der Waals surface area contributed by atoms with E-state index in [0.29, 0.717) is 5.82 Å². The van der Waals surface area contributed by atoms with Gasteiger partial charge in [0.05, 0.1) is 16.1 Å². The summed E-state index contributed by atoms with van der Waals surface area (Å²) in [5, 5.41) is 10.5. The highest BCUT2D eigenvalue weighted by Crippen LogP contribution is 2.30. The second-order valence-electron chi connectivity index (χ2n) is 6.81. The van der Waals surface area contributed by atoms with Crippen LogP contribution in [0.3, 0.4) is 0 Å². The van der Waals surface area contributed by atoms with E-state index >= 15 is 0 Å². The second-order valence-corrected chi connectivity index (χ2v) is 7.97. The second kappa shape index (κ2) is 7.92. The number of piperidine rings is 1. The quantitative estimate of drug-likeness (QED) is 0.662. The molecule has 1 aliphatic rings. The Bertz CT molecular complexity index is 889. The lowest BCUT2D eigenvalue weighted by atomic mass is 10.1. The first kappa shape index (κ1) is 18.9. The Kier molecular flexibility index (Phi) is 5.36. The Balaban J connectivity index is 1.34. The number of thiophene rings is 1. The van der Waals surface area contributed by atoms with Gasteiger partial charge in [0, 0.05) is 42.9 Å². The topological polar surface area (TPSA) is 56.8 Å². The van der Waals surface area contributed by atoms with Crippen LogP contribution in [0.15, 0.2) is 42.7 Å². The van der Waals surface area contributed by atoms with Gasteiger partial charge in [0.15, 0.2) is 0 Å². The molecule has 0 bridgehead atoms. The Labute approximate surface area is 164 Å². The number of anilines is 1. The molecule has 0 saturated carbocycles. The fourth-order valence-electron chi connectivity index (χ4n) is 3.35. The van der Waals surface area contributed by atoms with Crippen molar-refractivity contribution in [2.75, 3.05) is 18.0 Å². The van der Waals surface area contributed by atoms with Crippen LogP contribution in [0.5, 0.6) is 0 Å². The molecule has 3 aromatic rings. The van der Waals surface area contributed by atoms with E-state index < -0.39 is 11.7 Å². The molecule has 4 rings (SSSR count). The third kappa shape index (κ3) is 4.36. The summed E-state index contributed by atoms with van der Waals surface area (Å²) in [7, 11) is 0.